The molecule has 1 aliphatic carbocycles. The summed E-state index contributed by atoms with van der Waals surface area (Å²) in [7, 11) is 0. The molecule has 1 unspecified atom stereocenters. The lowest BCUT2D eigenvalue weighted by atomic mass is 10.0. The average molecular weight is 472 g/mol. The molecule has 1 amide bonds. The molecule has 1 fully saturated rings. The first-order valence-electron chi connectivity index (χ1n) is 9.46. The third kappa shape index (κ3) is 8.87. The predicted octanol–water partition coefficient (Wildman–Crippen LogP) is 3.33. The molecule has 0 heterocycles. The molecule has 6 heteroatoms. The summed E-state index contributed by atoms with van der Waals surface area (Å²) in [5, 5.41) is 9.60. The van der Waals surface area contributed by atoms with Crippen molar-refractivity contribution in [1.29, 1.82) is 0 Å². The van der Waals surface area contributed by atoms with Gasteiger partial charge in [-0.3, -0.25) is 9.79 Å². The number of aliphatic imine (C=N–C) groups is 1. The molecule has 146 valence electrons. The maximum absolute atomic E-state index is 11.7. The van der Waals surface area contributed by atoms with E-state index >= 15 is 0 Å². The number of nitrogens with one attached hydrogen (secondary N) is 3. The van der Waals surface area contributed by atoms with Gasteiger partial charge in [0.05, 0.1) is 0 Å². The van der Waals surface area contributed by atoms with Crippen LogP contribution in [0.15, 0.2) is 29.3 Å². The molecule has 0 bridgehead atoms. The fourth-order valence-corrected chi connectivity index (χ4v) is 2.55. The SMILES string of the molecule is CCNC(=NCC(C)c1ccc(C)cc1)NCCCC(=O)NC1CC1.I. The largest absolute Gasteiger partial charge is 0.357 e. The Bertz CT molecular complexity index is 570. The number of guanidine groups is 1. The number of halogens is 1. The molecular formula is C20H33IN4O. The van der Waals surface area contributed by atoms with Crippen LogP contribution in [0.4, 0.5) is 0 Å². The van der Waals surface area contributed by atoms with E-state index in [2.05, 4.69) is 66.0 Å². The lowest BCUT2D eigenvalue weighted by molar-refractivity contribution is -0.121. The van der Waals surface area contributed by atoms with Crippen molar-refractivity contribution in [3.05, 3.63) is 35.4 Å². The summed E-state index contributed by atoms with van der Waals surface area (Å²) >= 11 is 0. The number of carbonyl (C=O) groups excluding carboxylic acids is 1. The van der Waals surface area contributed by atoms with Crippen molar-refractivity contribution in [3.8, 4) is 0 Å². The molecule has 1 saturated carbocycles. The molecule has 1 atom stereocenters. The number of aryl methyl sites for hydroxylation is 1. The zero-order valence-electron chi connectivity index (χ0n) is 16.2. The lowest BCUT2D eigenvalue weighted by Crippen LogP contribution is -2.38. The van der Waals surface area contributed by atoms with Crippen LogP contribution in [0.3, 0.4) is 0 Å². The van der Waals surface area contributed by atoms with Gasteiger partial charge in [-0.1, -0.05) is 36.8 Å². The van der Waals surface area contributed by atoms with Gasteiger partial charge in [0.25, 0.3) is 0 Å². The van der Waals surface area contributed by atoms with Gasteiger partial charge in [0, 0.05) is 38.0 Å². The minimum absolute atomic E-state index is 0. The van der Waals surface area contributed by atoms with E-state index in [0.29, 0.717) is 18.4 Å². The summed E-state index contributed by atoms with van der Waals surface area (Å²) in [6.45, 7) is 8.67. The number of amides is 1. The monoisotopic (exact) mass is 472 g/mol. The zero-order chi connectivity index (χ0) is 18.1. The Morgan fingerprint density at radius 2 is 1.92 bits per heavy atom. The smallest absolute Gasteiger partial charge is 0.220 e. The van der Waals surface area contributed by atoms with Crippen molar-refractivity contribution >= 4 is 35.8 Å². The average Bonchev–Trinajstić information content (AvgIpc) is 3.40. The second-order valence-corrected chi connectivity index (χ2v) is 6.90. The van der Waals surface area contributed by atoms with Gasteiger partial charge in [0.2, 0.25) is 5.91 Å². The first kappa shape index (κ1) is 22.7. The fourth-order valence-electron chi connectivity index (χ4n) is 2.55. The first-order chi connectivity index (χ1) is 12.1. The van der Waals surface area contributed by atoms with Gasteiger partial charge in [-0.2, -0.15) is 0 Å². The van der Waals surface area contributed by atoms with Crippen LogP contribution in [0, 0.1) is 6.92 Å². The van der Waals surface area contributed by atoms with Gasteiger partial charge < -0.3 is 16.0 Å². The third-order valence-electron chi connectivity index (χ3n) is 4.33. The molecule has 0 spiro atoms. The van der Waals surface area contributed by atoms with E-state index in [4.69, 9.17) is 0 Å². The van der Waals surface area contributed by atoms with Crippen molar-refractivity contribution in [2.45, 2.75) is 58.4 Å². The summed E-state index contributed by atoms with van der Waals surface area (Å²) < 4.78 is 0. The zero-order valence-corrected chi connectivity index (χ0v) is 18.5. The minimum atomic E-state index is 0. The number of hydrogen-bond donors (Lipinski definition) is 3. The summed E-state index contributed by atoms with van der Waals surface area (Å²) in [5.41, 5.74) is 2.59. The van der Waals surface area contributed by atoms with Crippen LogP contribution in [-0.4, -0.2) is 37.5 Å². The molecule has 26 heavy (non-hydrogen) atoms. The Balaban J connectivity index is 0.00000338. The third-order valence-corrected chi connectivity index (χ3v) is 4.33. The normalized spacial score (nSPS) is 15.0. The Kier molecular flexibility index (Phi) is 10.6. The molecule has 3 N–H and O–H groups in total. The summed E-state index contributed by atoms with van der Waals surface area (Å²) in [5.74, 6) is 1.36. The highest BCUT2D eigenvalue weighted by atomic mass is 127. The highest BCUT2D eigenvalue weighted by Gasteiger charge is 2.22. The van der Waals surface area contributed by atoms with Crippen molar-refractivity contribution in [3.63, 3.8) is 0 Å². The standard InChI is InChI=1S/C20H32N4O.HI/c1-4-21-20(22-13-5-6-19(25)24-18-11-12-18)23-14-16(3)17-9-7-15(2)8-10-17;/h7-10,16,18H,4-6,11-14H2,1-3H3,(H,24,25)(H2,21,22,23);1H. The molecule has 0 aromatic heterocycles. The van der Waals surface area contributed by atoms with Gasteiger partial charge in [0.1, 0.15) is 0 Å². The predicted molar refractivity (Wildman–Crippen MR) is 119 cm³/mol. The summed E-state index contributed by atoms with van der Waals surface area (Å²) in [4.78, 5) is 16.4. The van der Waals surface area contributed by atoms with Gasteiger partial charge >= 0.3 is 0 Å². The minimum Gasteiger partial charge on any atom is -0.357 e. The molecule has 2 rings (SSSR count). The molecule has 5 nitrogen and oxygen atoms in total. The highest BCUT2D eigenvalue weighted by molar-refractivity contribution is 14.0. The summed E-state index contributed by atoms with van der Waals surface area (Å²) in [6, 6.07) is 9.09. The summed E-state index contributed by atoms with van der Waals surface area (Å²) in [6.07, 6.45) is 3.67. The number of nitrogens with zero attached hydrogens (tertiary/aromatic N) is 1. The van der Waals surface area contributed by atoms with E-state index in [1.165, 1.54) is 11.1 Å². The number of hydrogen-bond acceptors (Lipinski definition) is 2. The van der Waals surface area contributed by atoms with Crippen molar-refractivity contribution in [2.75, 3.05) is 19.6 Å². The van der Waals surface area contributed by atoms with Gasteiger partial charge in [-0.15, -0.1) is 24.0 Å². The van der Waals surface area contributed by atoms with Crippen LogP contribution < -0.4 is 16.0 Å². The second-order valence-electron chi connectivity index (χ2n) is 6.90. The Hall–Kier alpha value is -1.31. The first-order valence-corrected chi connectivity index (χ1v) is 9.46. The van der Waals surface area contributed by atoms with Crippen molar-refractivity contribution < 1.29 is 4.79 Å². The van der Waals surface area contributed by atoms with E-state index in [1.807, 2.05) is 0 Å². The topological polar surface area (TPSA) is 65.5 Å². The van der Waals surface area contributed by atoms with E-state index in [1.54, 1.807) is 0 Å². The van der Waals surface area contributed by atoms with Crippen molar-refractivity contribution in [2.24, 2.45) is 4.99 Å². The number of rotatable bonds is 9. The molecular weight excluding hydrogens is 439 g/mol. The molecule has 1 aromatic carbocycles. The quantitative estimate of drug-likeness (QED) is 0.224. The van der Waals surface area contributed by atoms with Gasteiger partial charge in [0.15, 0.2) is 5.96 Å². The van der Waals surface area contributed by atoms with E-state index in [0.717, 1.165) is 44.9 Å². The lowest BCUT2D eigenvalue weighted by Gasteiger charge is -2.14. The van der Waals surface area contributed by atoms with Crippen LogP contribution in [0.5, 0.6) is 0 Å². The highest BCUT2D eigenvalue weighted by Crippen LogP contribution is 2.18. The van der Waals surface area contributed by atoms with E-state index in [9.17, 15) is 4.79 Å². The van der Waals surface area contributed by atoms with Crippen LogP contribution in [0.1, 0.15) is 56.6 Å². The maximum atomic E-state index is 11.7. The van der Waals surface area contributed by atoms with Crippen LogP contribution in [0.25, 0.3) is 0 Å². The second kappa shape index (κ2) is 12.1. The maximum Gasteiger partial charge on any atom is 0.220 e. The number of carbonyl (C=O) groups is 1. The van der Waals surface area contributed by atoms with Gasteiger partial charge in [-0.25, -0.2) is 0 Å². The van der Waals surface area contributed by atoms with E-state index < -0.39 is 0 Å². The van der Waals surface area contributed by atoms with Crippen molar-refractivity contribution in [1.82, 2.24) is 16.0 Å². The molecule has 1 aliphatic rings. The Morgan fingerprint density at radius 1 is 1.23 bits per heavy atom. The number of benzene rings is 1. The molecule has 0 aliphatic heterocycles. The Labute approximate surface area is 174 Å². The molecule has 1 aromatic rings. The van der Waals surface area contributed by atoms with Gasteiger partial charge in [-0.05, 0) is 38.7 Å². The molecule has 0 saturated heterocycles. The van der Waals surface area contributed by atoms with Crippen LogP contribution >= 0.6 is 24.0 Å². The van der Waals surface area contributed by atoms with E-state index in [-0.39, 0.29) is 29.9 Å². The van der Waals surface area contributed by atoms with Crippen LogP contribution in [-0.2, 0) is 4.79 Å². The van der Waals surface area contributed by atoms with Crippen LogP contribution in [0.2, 0.25) is 0 Å². The fraction of sp³-hybridized carbons (Fsp3) is 0.600. The molecule has 0 radical (unpaired) electrons. The Morgan fingerprint density at radius 3 is 2.54 bits per heavy atom.